The summed E-state index contributed by atoms with van der Waals surface area (Å²) >= 11 is 0. The van der Waals surface area contributed by atoms with Crippen molar-refractivity contribution >= 4 is 11.3 Å². The van der Waals surface area contributed by atoms with Gasteiger partial charge in [-0.25, -0.2) is 0 Å². The molecule has 3 nitrogen and oxygen atoms in total. The zero-order chi connectivity index (χ0) is 17.2. The molecule has 1 aliphatic heterocycles. The maximum absolute atomic E-state index is 8.92. The molecule has 0 unspecified atom stereocenters. The Morgan fingerprint density at radius 3 is 2.52 bits per heavy atom. The molecule has 0 amide bonds. The molecule has 1 saturated carbocycles. The number of anilines is 1. The SMILES string of the molecule is COc1cc(C2CC2)ccc1C1=CCN(c2ccc(C#N)cc2)CC1. The average molecular weight is 330 g/mol. The van der Waals surface area contributed by atoms with Crippen molar-refractivity contribution in [2.75, 3.05) is 25.1 Å². The van der Waals surface area contributed by atoms with Crippen molar-refractivity contribution in [1.29, 1.82) is 5.26 Å². The van der Waals surface area contributed by atoms with Gasteiger partial charge in [-0.05, 0) is 66.6 Å². The molecule has 3 heteroatoms. The number of ether oxygens (including phenoxy) is 1. The largest absolute Gasteiger partial charge is 0.496 e. The van der Waals surface area contributed by atoms with Gasteiger partial charge in [-0.1, -0.05) is 18.2 Å². The highest BCUT2D eigenvalue weighted by atomic mass is 16.5. The standard InChI is InChI=1S/C22H22N2O/c1-25-22-14-19(17-4-5-17)6-9-21(22)18-10-12-24(13-11-18)20-7-2-16(15-23)3-8-20/h2-3,6-10,14,17H,4-5,11-13H2,1H3. The first kappa shape index (κ1) is 15.8. The summed E-state index contributed by atoms with van der Waals surface area (Å²) in [5.41, 5.74) is 5.88. The minimum atomic E-state index is 0.706. The van der Waals surface area contributed by atoms with Gasteiger partial charge in [-0.2, -0.15) is 5.26 Å². The van der Waals surface area contributed by atoms with Crippen molar-refractivity contribution in [2.45, 2.75) is 25.2 Å². The normalized spacial score (nSPS) is 17.0. The van der Waals surface area contributed by atoms with E-state index in [-0.39, 0.29) is 0 Å². The van der Waals surface area contributed by atoms with Crippen LogP contribution in [0.4, 0.5) is 5.69 Å². The Morgan fingerprint density at radius 2 is 1.92 bits per heavy atom. The Bertz CT molecular complexity index is 841. The predicted octanol–water partition coefficient (Wildman–Crippen LogP) is 4.74. The van der Waals surface area contributed by atoms with E-state index in [9.17, 15) is 0 Å². The number of hydrogen-bond donors (Lipinski definition) is 0. The second-order valence-corrected chi connectivity index (χ2v) is 6.82. The Labute approximate surface area is 149 Å². The van der Waals surface area contributed by atoms with E-state index in [0.717, 1.165) is 31.2 Å². The molecule has 126 valence electrons. The van der Waals surface area contributed by atoms with Crippen LogP contribution < -0.4 is 9.64 Å². The van der Waals surface area contributed by atoms with Gasteiger partial charge in [0, 0.05) is 24.3 Å². The lowest BCUT2D eigenvalue weighted by atomic mass is 9.96. The van der Waals surface area contributed by atoms with Crippen LogP contribution in [-0.2, 0) is 0 Å². The molecule has 25 heavy (non-hydrogen) atoms. The van der Waals surface area contributed by atoms with Crippen LogP contribution in [-0.4, -0.2) is 20.2 Å². The predicted molar refractivity (Wildman–Crippen MR) is 101 cm³/mol. The summed E-state index contributed by atoms with van der Waals surface area (Å²) in [7, 11) is 1.77. The van der Waals surface area contributed by atoms with E-state index in [0.29, 0.717) is 5.56 Å². The maximum atomic E-state index is 8.92. The number of rotatable bonds is 4. The van der Waals surface area contributed by atoms with E-state index in [1.807, 2.05) is 24.3 Å². The maximum Gasteiger partial charge on any atom is 0.126 e. The van der Waals surface area contributed by atoms with Gasteiger partial charge in [0.25, 0.3) is 0 Å². The Kier molecular flexibility index (Phi) is 4.19. The van der Waals surface area contributed by atoms with E-state index in [1.54, 1.807) is 7.11 Å². The molecule has 2 aliphatic rings. The highest BCUT2D eigenvalue weighted by molar-refractivity contribution is 5.73. The molecular weight excluding hydrogens is 308 g/mol. The molecule has 0 atom stereocenters. The van der Waals surface area contributed by atoms with E-state index < -0.39 is 0 Å². The zero-order valence-corrected chi connectivity index (χ0v) is 14.5. The molecule has 1 heterocycles. The summed E-state index contributed by atoms with van der Waals surface area (Å²) in [4.78, 5) is 2.34. The highest BCUT2D eigenvalue weighted by Crippen LogP contribution is 2.43. The van der Waals surface area contributed by atoms with Crippen molar-refractivity contribution in [3.8, 4) is 11.8 Å². The van der Waals surface area contributed by atoms with E-state index in [2.05, 4.69) is 35.2 Å². The second-order valence-electron chi connectivity index (χ2n) is 6.82. The third kappa shape index (κ3) is 3.25. The molecule has 0 spiro atoms. The van der Waals surface area contributed by atoms with Gasteiger partial charge < -0.3 is 9.64 Å². The number of hydrogen-bond acceptors (Lipinski definition) is 3. The Morgan fingerprint density at radius 1 is 1.12 bits per heavy atom. The Balaban J connectivity index is 1.53. The summed E-state index contributed by atoms with van der Waals surface area (Å²) in [5, 5.41) is 8.92. The summed E-state index contributed by atoms with van der Waals surface area (Å²) in [5.74, 6) is 1.75. The van der Waals surface area contributed by atoms with E-state index in [4.69, 9.17) is 10.00 Å². The topological polar surface area (TPSA) is 36.3 Å². The quantitative estimate of drug-likeness (QED) is 0.812. The van der Waals surface area contributed by atoms with Crippen molar-refractivity contribution in [3.63, 3.8) is 0 Å². The molecule has 1 fully saturated rings. The summed E-state index contributed by atoms with van der Waals surface area (Å²) in [6.45, 7) is 1.86. The minimum absolute atomic E-state index is 0.706. The number of nitrogens with zero attached hydrogens (tertiary/aromatic N) is 2. The van der Waals surface area contributed by atoms with Crippen LogP contribution in [0.2, 0.25) is 0 Å². The minimum Gasteiger partial charge on any atom is -0.496 e. The molecule has 2 aromatic rings. The van der Waals surface area contributed by atoms with Crippen LogP contribution in [0.15, 0.2) is 48.5 Å². The van der Waals surface area contributed by atoms with Gasteiger partial charge in [-0.3, -0.25) is 0 Å². The fourth-order valence-electron chi connectivity index (χ4n) is 3.54. The molecule has 0 N–H and O–H groups in total. The molecule has 0 bridgehead atoms. The lowest BCUT2D eigenvalue weighted by molar-refractivity contribution is 0.412. The molecule has 2 aromatic carbocycles. The van der Waals surface area contributed by atoms with E-state index >= 15 is 0 Å². The zero-order valence-electron chi connectivity index (χ0n) is 14.5. The summed E-state index contributed by atoms with van der Waals surface area (Å²) in [6.07, 6.45) is 5.92. The lowest BCUT2D eigenvalue weighted by Crippen LogP contribution is -2.28. The van der Waals surface area contributed by atoms with Crippen molar-refractivity contribution < 1.29 is 4.74 Å². The number of benzene rings is 2. The third-order valence-electron chi connectivity index (χ3n) is 5.19. The molecule has 0 aromatic heterocycles. The second kappa shape index (κ2) is 6.64. The lowest BCUT2D eigenvalue weighted by Gasteiger charge is -2.29. The van der Waals surface area contributed by atoms with Crippen molar-refractivity contribution in [3.05, 3.63) is 65.2 Å². The van der Waals surface area contributed by atoms with E-state index in [1.165, 1.54) is 35.2 Å². The highest BCUT2D eigenvalue weighted by Gasteiger charge is 2.25. The fraction of sp³-hybridized carbons (Fsp3) is 0.318. The van der Waals surface area contributed by atoms with Gasteiger partial charge in [0.15, 0.2) is 0 Å². The van der Waals surface area contributed by atoms with Crippen molar-refractivity contribution in [1.82, 2.24) is 0 Å². The first-order valence-corrected chi connectivity index (χ1v) is 8.91. The number of nitriles is 1. The summed E-state index contributed by atoms with van der Waals surface area (Å²) in [6, 6.07) is 16.7. The van der Waals surface area contributed by atoms with Crippen LogP contribution in [0.3, 0.4) is 0 Å². The molecular formula is C22H22N2O. The first-order chi connectivity index (χ1) is 12.3. The average Bonchev–Trinajstić information content (AvgIpc) is 3.53. The van der Waals surface area contributed by atoms with Crippen LogP contribution in [0, 0.1) is 11.3 Å². The molecule has 1 aliphatic carbocycles. The van der Waals surface area contributed by atoms with Crippen LogP contribution in [0.1, 0.15) is 41.9 Å². The van der Waals surface area contributed by atoms with Crippen LogP contribution >= 0.6 is 0 Å². The monoisotopic (exact) mass is 330 g/mol. The van der Waals surface area contributed by atoms with Gasteiger partial charge in [-0.15, -0.1) is 0 Å². The molecule has 0 saturated heterocycles. The van der Waals surface area contributed by atoms with Gasteiger partial charge in [0.2, 0.25) is 0 Å². The van der Waals surface area contributed by atoms with Gasteiger partial charge in [0.05, 0.1) is 18.7 Å². The number of methoxy groups -OCH3 is 1. The third-order valence-corrected chi connectivity index (χ3v) is 5.19. The smallest absolute Gasteiger partial charge is 0.126 e. The van der Waals surface area contributed by atoms with Crippen molar-refractivity contribution in [2.24, 2.45) is 0 Å². The molecule has 4 rings (SSSR count). The van der Waals surface area contributed by atoms with Crippen LogP contribution in [0.25, 0.3) is 5.57 Å². The van der Waals surface area contributed by atoms with Gasteiger partial charge >= 0.3 is 0 Å². The van der Waals surface area contributed by atoms with Gasteiger partial charge in [0.1, 0.15) is 5.75 Å². The Hall–Kier alpha value is -2.73. The fourth-order valence-corrected chi connectivity index (χ4v) is 3.54. The first-order valence-electron chi connectivity index (χ1n) is 8.91. The van der Waals surface area contributed by atoms with Crippen LogP contribution in [0.5, 0.6) is 5.75 Å². The molecule has 0 radical (unpaired) electrons. The summed E-state index contributed by atoms with van der Waals surface area (Å²) < 4.78 is 5.67.